The van der Waals surface area contributed by atoms with E-state index in [4.69, 9.17) is 0 Å². The van der Waals surface area contributed by atoms with Crippen molar-refractivity contribution < 1.29 is 9.59 Å². The van der Waals surface area contributed by atoms with Gasteiger partial charge in [-0.15, -0.1) is 11.3 Å². The number of rotatable bonds is 4. The number of thioether (sulfide) groups is 1. The summed E-state index contributed by atoms with van der Waals surface area (Å²) in [7, 11) is 0. The molecule has 0 bridgehead atoms. The van der Waals surface area contributed by atoms with Crippen molar-refractivity contribution >= 4 is 40.7 Å². The SMILES string of the molecule is Cc1csc(SCC(=O)N2CCN(C(=O)Nc3ccccc3)CC2)n1. The lowest BCUT2D eigenvalue weighted by Gasteiger charge is -2.34. The number of hydrogen-bond acceptors (Lipinski definition) is 5. The van der Waals surface area contributed by atoms with Gasteiger partial charge in [-0.2, -0.15) is 0 Å². The summed E-state index contributed by atoms with van der Waals surface area (Å²) in [5.74, 6) is 0.490. The molecule has 0 saturated carbocycles. The maximum absolute atomic E-state index is 12.3. The van der Waals surface area contributed by atoms with Gasteiger partial charge in [0.15, 0.2) is 4.34 Å². The highest BCUT2D eigenvalue weighted by molar-refractivity contribution is 8.01. The number of aryl methyl sites for hydroxylation is 1. The molecule has 8 heteroatoms. The Morgan fingerprint density at radius 3 is 2.48 bits per heavy atom. The van der Waals surface area contributed by atoms with Gasteiger partial charge in [0.25, 0.3) is 0 Å². The van der Waals surface area contributed by atoms with Gasteiger partial charge in [0.1, 0.15) is 0 Å². The van der Waals surface area contributed by atoms with Crippen molar-refractivity contribution in [1.82, 2.24) is 14.8 Å². The van der Waals surface area contributed by atoms with Crippen LogP contribution in [0.4, 0.5) is 10.5 Å². The molecular weight excluding hydrogens is 356 g/mol. The Hall–Kier alpha value is -2.06. The van der Waals surface area contributed by atoms with Crippen LogP contribution in [0.5, 0.6) is 0 Å². The van der Waals surface area contributed by atoms with Crippen LogP contribution in [0.1, 0.15) is 5.69 Å². The zero-order valence-corrected chi connectivity index (χ0v) is 15.6. The maximum Gasteiger partial charge on any atom is 0.321 e. The summed E-state index contributed by atoms with van der Waals surface area (Å²) in [5.41, 5.74) is 1.76. The molecule has 0 aliphatic carbocycles. The molecule has 1 N–H and O–H groups in total. The van der Waals surface area contributed by atoms with Crippen molar-refractivity contribution in [3.05, 3.63) is 41.4 Å². The fraction of sp³-hybridized carbons (Fsp3) is 0.353. The number of nitrogens with zero attached hydrogens (tertiary/aromatic N) is 3. The molecule has 3 amide bonds. The first-order chi connectivity index (χ1) is 12.1. The standard InChI is InChI=1S/C17H20N4O2S2/c1-13-11-24-17(18-13)25-12-15(22)20-7-9-21(10-8-20)16(23)19-14-5-3-2-4-6-14/h2-6,11H,7-10,12H2,1H3,(H,19,23). The van der Waals surface area contributed by atoms with Gasteiger partial charge < -0.3 is 15.1 Å². The summed E-state index contributed by atoms with van der Waals surface area (Å²) in [5, 5.41) is 4.86. The molecule has 1 fully saturated rings. The molecule has 1 aromatic heterocycles. The lowest BCUT2D eigenvalue weighted by molar-refractivity contribution is -0.129. The van der Waals surface area contributed by atoms with Gasteiger partial charge in [-0.3, -0.25) is 4.79 Å². The van der Waals surface area contributed by atoms with Gasteiger partial charge in [0, 0.05) is 42.9 Å². The van der Waals surface area contributed by atoms with E-state index >= 15 is 0 Å². The first-order valence-electron chi connectivity index (χ1n) is 8.05. The van der Waals surface area contributed by atoms with Crippen LogP contribution in [0.2, 0.25) is 0 Å². The number of carbonyl (C=O) groups excluding carboxylic acids is 2. The molecular formula is C17H20N4O2S2. The second-order valence-corrected chi connectivity index (χ2v) is 7.79. The van der Waals surface area contributed by atoms with Crippen molar-refractivity contribution in [2.75, 3.05) is 37.2 Å². The monoisotopic (exact) mass is 376 g/mol. The van der Waals surface area contributed by atoms with Crippen LogP contribution in [-0.4, -0.2) is 58.7 Å². The minimum Gasteiger partial charge on any atom is -0.338 e. The molecule has 1 aromatic carbocycles. The van der Waals surface area contributed by atoms with E-state index in [1.54, 1.807) is 16.2 Å². The van der Waals surface area contributed by atoms with Gasteiger partial charge >= 0.3 is 6.03 Å². The highest BCUT2D eigenvalue weighted by Crippen LogP contribution is 2.22. The lowest BCUT2D eigenvalue weighted by Crippen LogP contribution is -2.52. The average molecular weight is 377 g/mol. The Morgan fingerprint density at radius 2 is 1.84 bits per heavy atom. The first-order valence-corrected chi connectivity index (χ1v) is 9.92. The number of piperazine rings is 1. The number of para-hydroxylation sites is 1. The number of aromatic nitrogens is 1. The molecule has 0 radical (unpaired) electrons. The van der Waals surface area contributed by atoms with Crippen LogP contribution in [0.15, 0.2) is 40.1 Å². The van der Waals surface area contributed by atoms with Crippen molar-refractivity contribution in [3.63, 3.8) is 0 Å². The molecule has 0 atom stereocenters. The lowest BCUT2D eigenvalue weighted by atomic mass is 10.3. The third kappa shape index (κ3) is 4.96. The molecule has 25 heavy (non-hydrogen) atoms. The molecule has 1 aliphatic rings. The molecule has 3 rings (SSSR count). The Labute approximate surface area is 155 Å². The van der Waals surface area contributed by atoms with Crippen LogP contribution in [0.3, 0.4) is 0 Å². The van der Waals surface area contributed by atoms with Gasteiger partial charge in [-0.05, 0) is 19.1 Å². The minimum atomic E-state index is -0.120. The smallest absolute Gasteiger partial charge is 0.321 e. The van der Waals surface area contributed by atoms with E-state index in [2.05, 4.69) is 10.3 Å². The van der Waals surface area contributed by atoms with Crippen LogP contribution in [-0.2, 0) is 4.79 Å². The topological polar surface area (TPSA) is 65.5 Å². The Morgan fingerprint density at radius 1 is 1.16 bits per heavy atom. The second kappa shape index (κ2) is 8.35. The van der Waals surface area contributed by atoms with Crippen molar-refractivity contribution in [1.29, 1.82) is 0 Å². The molecule has 132 valence electrons. The summed E-state index contributed by atoms with van der Waals surface area (Å²) in [6.07, 6.45) is 0. The third-order valence-electron chi connectivity index (χ3n) is 3.86. The van der Waals surface area contributed by atoms with Gasteiger partial charge in [-0.1, -0.05) is 30.0 Å². The van der Waals surface area contributed by atoms with E-state index in [1.165, 1.54) is 11.8 Å². The predicted molar refractivity (Wildman–Crippen MR) is 101 cm³/mol. The molecule has 6 nitrogen and oxygen atoms in total. The highest BCUT2D eigenvalue weighted by Gasteiger charge is 2.24. The Balaban J connectivity index is 1.43. The van der Waals surface area contributed by atoms with Crippen molar-refractivity contribution in [3.8, 4) is 0 Å². The fourth-order valence-corrected chi connectivity index (χ4v) is 4.25. The molecule has 0 unspecified atom stereocenters. The van der Waals surface area contributed by atoms with E-state index in [9.17, 15) is 9.59 Å². The van der Waals surface area contributed by atoms with Crippen LogP contribution >= 0.6 is 23.1 Å². The van der Waals surface area contributed by atoms with Gasteiger partial charge in [0.05, 0.1) is 5.75 Å². The number of urea groups is 1. The third-order valence-corrected chi connectivity index (χ3v) is 5.99. The maximum atomic E-state index is 12.3. The highest BCUT2D eigenvalue weighted by atomic mass is 32.2. The van der Waals surface area contributed by atoms with Crippen molar-refractivity contribution in [2.45, 2.75) is 11.3 Å². The molecule has 1 aliphatic heterocycles. The number of thiazole rings is 1. The first kappa shape index (κ1) is 17.8. The molecule has 2 heterocycles. The van der Waals surface area contributed by atoms with Crippen molar-refractivity contribution in [2.24, 2.45) is 0 Å². The number of amides is 3. The fourth-order valence-electron chi connectivity index (χ4n) is 2.50. The van der Waals surface area contributed by atoms with Crippen LogP contribution in [0.25, 0.3) is 0 Å². The molecule has 1 saturated heterocycles. The van der Waals surface area contributed by atoms with E-state index < -0.39 is 0 Å². The van der Waals surface area contributed by atoms with Crippen LogP contribution < -0.4 is 5.32 Å². The van der Waals surface area contributed by atoms with E-state index in [0.717, 1.165) is 15.7 Å². The summed E-state index contributed by atoms with van der Waals surface area (Å²) >= 11 is 3.04. The van der Waals surface area contributed by atoms with E-state index in [0.29, 0.717) is 31.9 Å². The normalized spacial score (nSPS) is 14.4. The number of anilines is 1. The number of nitrogens with one attached hydrogen (secondary N) is 1. The predicted octanol–water partition coefficient (Wildman–Crippen LogP) is 2.92. The summed E-state index contributed by atoms with van der Waals surface area (Å²) in [4.78, 5) is 32.5. The van der Waals surface area contributed by atoms with Gasteiger partial charge in [-0.25, -0.2) is 9.78 Å². The summed E-state index contributed by atoms with van der Waals surface area (Å²) < 4.78 is 0.923. The second-order valence-electron chi connectivity index (χ2n) is 5.71. The number of benzene rings is 1. The Kier molecular flexibility index (Phi) is 5.93. The zero-order chi connectivity index (χ0) is 17.6. The van der Waals surface area contributed by atoms with Crippen LogP contribution in [0, 0.1) is 6.92 Å². The molecule has 0 spiro atoms. The average Bonchev–Trinajstić information content (AvgIpc) is 3.06. The number of carbonyl (C=O) groups is 2. The number of hydrogen-bond donors (Lipinski definition) is 1. The van der Waals surface area contributed by atoms with E-state index in [-0.39, 0.29) is 11.9 Å². The summed E-state index contributed by atoms with van der Waals surface area (Å²) in [6, 6.07) is 9.27. The summed E-state index contributed by atoms with van der Waals surface area (Å²) in [6.45, 7) is 4.18. The minimum absolute atomic E-state index is 0.0981. The van der Waals surface area contributed by atoms with Gasteiger partial charge in [0.2, 0.25) is 5.91 Å². The zero-order valence-electron chi connectivity index (χ0n) is 14.0. The van der Waals surface area contributed by atoms with E-state index in [1.807, 2.05) is 47.5 Å². The quantitative estimate of drug-likeness (QED) is 0.834. The Bertz CT molecular complexity index is 727. The largest absolute Gasteiger partial charge is 0.338 e. The molecule has 2 aromatic rings.